The Hall–Kier alpha value is -1.77. The molecule has 0 saturated heterocycles. The summed E-state index contributed by atoms with van der Waals surface area (Å²) >= 11 is 0. The van der Waals surface area contributed by atoms with Gasteiger partial charge in [-0.25, -0.2) is 4.79 Å². The van der Waals surface area contributed by atoms with Crippen molar-refractivity contribution in [3.8, 4) is 0 Å². The molecule has 3 nitrogen and oxygen atoms in total. The normalized spacial score (nSPS) is 9.50. The number of nitrogens with one attached hydrogen (secondary N) is 1. The molecule has 0 amide bonds. The number of benzene rings is 1. The van der Waals surface area contributed by atoms with E-state index in [1.807, 2.05) is 31.2 Å². The summed E-state index contributed by atoms with van der Waals surface area (Å²) in [6.45, 7) is 5.69. The number of rotatable bonds is 4. The van der Waals surface area contributed by atoms with Gasteiger partial charge in [0.15, 0.2) is 0 Å². The zero-order valence-electron chi connectivity index (χ0n) is 8.08. The van der Waals surface area contributed by atoms with E-state index in [9.17, 15) is 4.79 Å². The Morgan fingerprint density at radius 3 is 2.50 bits per heavy atom. The largest absolute Gasteiger partial charge is 0.478 e. The number of anilines is 1. The highest BCUT2D eigenvalue weighted by atomic mass is 16.4. The molecule has 0 saturated carbocycles. The van der Waals surface area contributed by atoms with Crippen LogP contribution in [0.3, 0.4) is 0 Å². The summed E-state index contributed by atoms with van der Waals surface area (Å²) < 4.78 is 0. The van der Waals surface area contributed by atoms with Gasteiger partial charge in [-0.3, -0.25) is 0 Å². The minimum atomic E-state index is -0.968. The van der Waals surface area contributed by atoms with E-state index in [2.05, 4.69) is 11.9 Å². The number of aryl methyl sites for hydroxylation is 1. The summed E-state index contributed by atoms with van der Waals surface area (Å²) in [6.07, 6.45) is 0. The zero-order valence-corrected chi connectivity index (χ0v) is 8.08. The lowest BCUT2D eigenvalue weighted by atomic mass is 10.2. The molecular weight excluding hydrogens is 178 g/mol. The van der Waals surface area contributed by atoms with Gasteiger partial charge in [-0.15, -0.1) is 0 Å². The van der Waals surface area contributed by atoms with Crippen LogP contribution in [-0.4, -0.2) is 17.6 Å². The van der Waals surface area contributed by atoms with Crippen LogP contribution in [0, 0.1) is 6.92 Å². The Morgan fingerprint density at radius 1 is 1.43 bits per heavy atom. The maximum Gasteiger partial charge on any atom is 0.332 e. The molecule has 1 aromatic rings. The summed E-state index contributed by atoms with van der Waals surface area (Å²) in [6, 6.07) is 7.74. The van der Waals surface area contributed by atoms with Gasteiger partial charge in [-0.2, -0.15) is 0 Å². The van der Waals surface area contributed by atoms with Gasteiger partial charge >= 0.3 is 5.97 Å². The maximum absolute atomic E-state index is 10.4. The molecule has 0 heterocycles. The molecule has 74 valence electrons. The third-order valence-corrected chi connectivity index (χ3v) is 1.86. The first-order valence-corrected chi connectivity index (χ1v) is 4.31. The van der Waals surface area contributed by atoms with Crippen molar-refractivity contribution in [1.29, 1.82) is 0 Å². The van der Waals surface area contributed by atoms with Crippen molar-refractivity contribution in [2.24, 2.45) is 0 Å². The fourth-order valence-electron chi connectivity index (χ4n) is 0.956. The van der Waals surface area contributed by atoms with E-state index in [-0.39, 0.29) is 12.1 Å². The minimum absolute atomic E-state index is 0.158. The van der Waals surface area contributed by atoms with Crippen molar-refractivity contribution in [3.05, 3.63) is 42.0 Å². The number of hydrogen-bond acceptors (Lipinski definition) is 2. The molecule has 14 heavy (non-hydrogen) atoms. The van der Waals surface area contributed by atoms with E-state index < -0.39 is 5.97 Å². The first kappa shape index (κ1) is 10.3. The topological polar surface area (TPSA) is 49.3 Å². The molecule has 0 aliphatic rings. The lowest BCUT2D eigenvalue weighted by Gasteiger charge is -2.05. The van der Waals surface area contributed by atoms with Crippen LogP contribution in [0.1, 0.15) is 5.56 Å². The van der Waals surface area contributed by atoms with Crippen molar-refractivity contribution in [2.45, 2.75) is 6.92 Å². The van der Waals surface area contributed by atoms with E-state index >= 15 is 0 Å². The predicted molar refractivity (Wildman–Crippen MR) is 56.4 cm³/mol. The van der Waals surface area contributed by atoms with Gasteiger partial charge in [-0.05, 0) is 19.1 Å². The van der Waals surface area contributed by atoms with Crippen molar-refractivity contribution < 1.29 is 9.90 Å². The summed E-state index contributed by atoms with van der Waals surface area (Å²) in [5, 5.41) is 11.5. The van der Waals surface area contributed by atoms with Crippen LogP contribution >= 0.6 is 0 Å². The van der Waals surface area contributed by atoms with Crippen molar-refractivity contribution in [2.75, 3.05) is 11.9 Å². The first-order valence-electron chi connectivity index (χ1n) is 4.31. The molecule has 0 unspecified atom stereocenters. The van der Waals surface area contributed by atoms with Gasteiger partial charge in [0.1, 0.15) is 0 Å². The van der Waals surface area contributed by atoms with E-state index in [4.69, 9.17) is 5.11 Å². The second kappa shape index (κ2) is 4.46. The summed E-state index contributed by atoms with van der Waals surface area (Å²) in [5.41, 5.74) is 2.23. The van der Waals surface area contributed by atoms with Crippen molar-refractivity contribution >= 4 is 11.7 Å². The average molecular weight is 191 g/mol. The molecule has 0 aliphatic heterocycles. The molecule has 0 aliphatic carbocycles. The highest BCUT2D eigenvalue weighted by Crippen LogP contribution is 2.08. The van der Waals surface area contributed by atoms with Crippen LogP contribution in [0.15, 0.2) is 36.4 Å². The second-order valence-electron chi connectivity index (χ2n) is 3.13. The lowest BCUT2D eigenvalue weighted by molar-refractivity contribution is -0.132. The Balaban J connectivity index is 2.50. The number of carbonyl (C=O) groups is 1. The van der Waals surface area contributed by atoms with Gasteiger partial charge < -0.3 is 10.4 Å². The molecule has 0 fully saturated rings. The Morgan fingerprint density at radius 2 is 2.00 bits per heavy atom. The smallest absolute Gasteiger partial charge is 0.332 e. The van der Waals surface area contributed by atoms with Crippen LogP contribution in [0.4, 0.5) is 5.69 Å². The predicted octanol–water partition coefficient (Wildman–Crippen LogP) is 2.05. The average Bonchev–Trinajstić information content (AvgIpc) is 2.16. The van der Waals surface area contributed by atoms with Crippen LogP contribution in [0.25, 0.3) is 0 Å². The fourth-order valence-corrected chi connectivity index (χ4v) is 0.956. The lowest BCUT2D eigenvalue weighted by Crippen LogP contribution is -2.10. The quantitative estimate of drug-likeness (QED) is 0.716. The zero-order chi connectivity index (χ0) is 10.6. The number of hydrogen-bond donors (Lipinski definition) is 2. The summed E-state index contributed by atoms with van der Waals surface area (Å²) in [7, 11) is 0. The molecule has 0 atom stereocenters. The van der Waals surface area contributed by atoms with Crippen LogP contribution in [0.5, 0.6) is 0 Å². The SMILES string of the molecule is C=C(CNc1ccc(C)cc1)C(=O)O. The standard InChI is InChI=1S/C11H13NO2/c1-8-3-5-10(6-4-8)12-7-9(2)11(13)14/h3-6,12H,2,7H2,1H3,(H,13,14). The minimum Gasteiger partial charge on any atom is -0.478 e. The Kier molecular flexibility index (Phi) is 3.29. The molecule has 1 rings (SSSR count). The van der Waals surface area contributed by atoms with E-state index in [0.717, 1.165) is 5.69 Å². The van der Waals surface area contributed by atoms with Gasteiger partial charge in [0.2, 0.25) is 0 Å². The molecule has 0 spiro atoms. The molecule has 0 bridgehead atoms. The summed E-state index contributed by atoms with van der Waals surface area (Å²) in [4.78, 5) is 10.4. The van der Waals surface area contributed by atoms with Crippen LogP contribution < -0.4 is 5.32 Å². The van der Waals surface area contributed by atoms with E-state index in [0.29, 0.717) is 0 Å². The Bertz CT molecular complexity index is 341. The third-order valence-electron chi connectivity index (χ3n) is 1.86. The van der Waals surface area contributed by atoms with E-state index in [1.165, 1.54) is 5.56 Å². The van der Waals surface area contributed by atoms with Crippen LogP contribution in [0.2, 0.25) is 0 Å². The molecular formula is C11H13NO2. The molecule has 0 radical (unpaired) electrons. The van der Waals surface area contributed by atoms with Crippen molar-refractivity contribution in [3.63, 3.8) is 0 Å². The van der Waals surface area contributed by atoms with Gasteiger partial charge in [0.25, 0.3) is 0 Å². The molecule has 2 N–H and O–H groups in total. The van der Waals surface area contributed by atoms with Gasteiger partial charge in [0, 0.05) is 17.8 Å². The van der Waals surface area contributed by atoms with Crippen LogP contribution in [-0.2, 0) is 4.79 Å². The van der Waals surface area contributed by atoms with Crippen molar-refractivity contribution in [1.82, 2.24) is 0 Å². The number of aliphatic carboxylic acids is 1. The molecule has 0 aromatic heterocycles. The molecule has 3 heteroatoms. The number of carboxylic acid groups (broad SMARTS) is 1. The summed E-state index contributed by atoms with van der Waals surface area (Å²) in [5.74, 6) is -0.968. The van der Waals surface area contributed by atoms with Gasteiger partial charge in [0.05, 0.1) is 0 Å². The second-order valence-corrected chi connectivity index (χ2v) is 3.13. The fraction of sp³-hybridized carbons (Fsp3) is 0.182. The highest BCUT2D eigenvalue weighted by Gasteiger charge is 2.02. The molecule has 1 aromatic carbocycles. The monoisotopic (exact) mass is 191 g/mol. The highest BCUT2D eigenvalue weighted by molar-refractivity contribution is 5.86. The maximum atomic E-state index is 10.4. The first-order chi connectivity index (χ1) is 6.59. The third kappa shape index (κ3) is 2.94. The Labute approximate surface area is 83.1 Å². The van der Waals surface area contributed by atoms with E-state index in [1.54, 1.807) is 0 Å². The number of carboxylic acids is 1. The van der Waals surface area contributed by atoms with Gasteiger partial charge in [-0.1, -0.05) is 24.3 Å².